The molecule has 1 unspecified atom stereocenters. The third kappa shape index (κ3) is 4.94. The van der Waals surface area contributed by atoms with Gasteiger partial charge < -0.3 is 9.84 Å². The summed E-state index contributed by atoms with van der Waals surface area (Å²) in [5.74, 6) is -0.731. The van der Waals surface area contributed by atoms with E-state index in [2.05, 4.69) is 13.5 Å². The highest BCUT2D eigenvalue weighted by Crippen LogP contribution is 2.36. The average Bonchev–Trinajstić information content (AvgIpc) is 2.43. The van der Waals surface area contributed by atoms with E-state index in [9.17, 15) is 4.79 Å². The highest BCUT2D eigenvalue weighted by atomic mass is 35.5. The number of rotatable bonds is 8. The molecule has 0 aromatic heterocycles. The molecule has 0 aliphatic rings. The molecule has 0 bridgehead atoms. The Morgan fingerprint density at radius 3 is 2.52 bits per heavy atom. The summed E-state index contributed by atoms with van der Waals surface area (Å²) in [6.07, 6.45) is 2.03. The van der Waals surface area contributed by atoms with Crippen LogP contribution in [0, 0.1) is 0 Å². The first-order valence-electron chi connectivity index (χ1n) is 6.93. The summed E-state index contributed by atoms with van der Waals surface area (Å²) in [5, 5.41) is 9.66. The molecule has 0 aliphatic heterocycles. The van der Waals surface area contributed by atoms with Gasteiger partial charge in [0.25, 0.3) is 0 Å². The lowest BCUT2D eigenvalue weighted by molar-refractivity contribution is -0.145. The molecule has 0 fully saturated rings. The number of carbonyl (C=O) groups is 1. The van der Waals surface area contributed by atoms with Gasteiger partial charge in [-0.25, -0.2) is 4.79 Å². The minimum Gasteiger partial charge on any atom is -0.479 e. The van der Waals surface area contributed by atoms with Crippen molar-refractivity contribution in [2.75, 3.05) is 0 Å². The van der Waals surface area contributed by atoms with Crippen molar-refractivity contribution in [3.8, 4) is 5.75 Å². The van der Waals surface area contributed by atoms with Gasteiger partial charge in [0.15, 0.2) is 6.10 Å². The topological polar surface area (TPSA) is 46.5 Å². The summed E-state index contributed by atoms with van der Waals surface area (Å²) < 4.78 is 5.41. The lowest BCUT2D eigenvalue weighted by atomic mass is 10.0. The largest absolute Gasteiger partial charge is 0.479 e. The molecule has 0 amide bonds. The van der Waals surface area contributed by atoms with Crippen LogP contribution < -0.4 is 4.74 Å². The van der Waals surface area contributed by atoms with Crippen LogP contribution in [0.1, 0.15) is 38.7 Å². The Morgan fingerprint density at radius 1 is 1.33 bits per heavy atom. The lowest BCUT2D eigenvalue weighted by Gasteiger charge is -2.16. The number of halogens is 2. The second kappa shape index (κ2) is 8.30. The molecule has 0 saturated heterocycles. The van der Waals surface area contributed by atoms with Gasteiger partial charge in [0.2, 0.25) is 0 Å². The smallest absolute Gasteiger partial charge is 0.344 e. The van der Waals surface area contributed by atoms with Gasteiger partial charge in [-0.2, -0.15) is 0 Å². The Balaban J connectivity index is 2.94. The van der Waals surface area contributed by atoms with Crippen LogP contribution in [0.15, 0.2) is 24.3 Å². The molecule has 1 atom stereocenters. The van der Waals surface area contributed by atoms with E-state index in [0.29, 0.717) is 23.6 Å². The third-order valence-electron chi connectivity index (χ3n) is 3.09. The molecule has 0 heterocycles. The second-order valence-corrected chi connectivity index (χ2v) is 5.64. The quantitative estimate of drug-likeness (QED) is 0.671. The van der Waals surface area contributed by atoms with Gasteiger partial charge in [0.1, 0.15) is 10.8 Å². The maximum Gasteiger partial charge on any atom is 0.344 e. The molecular formula is C16H20Cl2O3. The van der Waals surface area contributed by atoms with Crippen molar-refractivity contribution in [1.29, 1.82) is 0 Å². The highest BCUT2D eigenvalue weighted by Gasteiger charge is 2.20. The van der Waals surface area contributed by atoms with E-state index < -0.39 is 12.1 Å². The van der Waals surface area contributed by atoms with Gasteiger partial charge in [0, 0.05) is 0 Å². The highest BCUT2D eigenvalue weighted by molar-refractivity contribution is 6.43. The van der Waals surface area contributed by atoms with Crippen molar-refractivity contribution in [2.45, 2.75) is 45.6 Å². The van der Waals surface area contributed by atoms with Gasteiger partial charge >= 0.3 is 5.97 Å². The first-order chi connectivity index (χ1) is 9.90. The SMILES string of the molecule is C=C(CCC)Cc1ccc(OC(CC)C(=O)O)c(Cl)c1Cl. The van der Waals surface area contributed by atoms with Crippen molar-refractivity contribution >= 4 is 29.2 Å². The van der Waals surface area contributed by atoms with Crippen LogP contribution in [0.4, 0.5) is 0 Å². The number of hydrogen-bond acceptors (Lipinski definition) is 2. The summed E-state index contributed by atoms with van der Waals surface area (Å²) in [6.45, 7) is 7.83. The number of carboxylic acid groups (broad SMARTS) is 1. The van der Waals surface area contributed by atoms with Crippen LogP contribution in [0.3, 0.4) is 0 Å². The molecular weight excluding hydrogens is 311 g/mol. The number of ether oxygens (including phenoxy) is 1. The summed E-state index contributed by atoms with van der Waals surface area (Å²) >= 11 is 12.4. The van der Waals surface area contributed by atoms with Gasteiger partial charge in [0.05, 0.1) is 5.02 Å². The van der Waals surface area contributed by atoms with E-state index >= 15 is 0 Å². The number of carboxylic acids is 1. The van der Waals surface area contributed by atoms with E-state index in [1.807, 2.05) is 0 Å². The normalized spacial score (nSPS) is 12.0. The maximum absolute atomic E-state index is 11.0. The maximum atomic E-state index is 11.0. The van der Waals surface area contributed by atoms with Gasteiger partial charge in [-0.3, -0.25) is 0 Å². The molecule has 0 radical (unpaired) electrons. The zero-order valence-corrected chi connectivity index (χ0v) is 13.8. The molecule has 3 nitrogen and oxygen atoms in total. The molecule has 0 spiro atoms. The summed E-state index contributed by atoms with van der Waals surface area (Å²) in [5.41, 5.74) is 1.96. The van der Waals surface area contributed by atoms with Crippen LogP contribution in [0.25, 0.3) is 0 Å². The summed E-state index contributed by atoms with van der Waals surface area (Å²) in [6, 6.07) is 3.47. The molecule has 1 aromatic rings. The average molecular weight is 331 g/mol. The molecule has 1 rings (SSSR count). The fourth-order valence-corrected chi connectivity index (χ4v) is 2.42. The zero-order chi connectivity index (χ0) is 16.0. The monoisotopic (exact) mass is 330 g/mol. The van der Waals surface area contributed by atoms with E-state index in [-0.39, 0.29) is 5.02 Å². The molecule has 5 heteroatoms. The second-order valence-electron chi connectivity index (χ2n) is 4.88. The van der Waals surface area contributed by atoms with E-state index in [1.165, 1.54) is 0 Å². The number of allylic oxidation sites excluding steroid dienone is 1. The Kier molecular flexibility index (Phi) is 7.06. The van der Waals surface area contributed by atoms with Crippen LogP contribution in [0.5, 0.6) is 5.75 Å². The van der Waals surface area contributed by atoms with Gasteiger partial charge in [-0.05, 0) is 30.9 Å². The van der Waals surface area contributed by atoms with Crippen LogP contribution >= 0.6 is 23.2 Å². The zero-order valence-electron chi connectivity index (χ0n) is 12.3. The Bertz CT molecular complexity index is 526. The summed E-state index contributed by atoms with van der Waals surface area (Å²) in [4.78, 5) is 11.0. The molecule has 0 saturated carbocycles. The van der Waals surface area contributed by atoms with Crippen molar-refractivity contribution in [2.24, 2.45) is 0 Å². The van der Waals surface area contributed by atoms with Crippen LogP contribution in [-0.4, -0.2) is 17.2 Å². The minimum atomic E-state index is -1.02. The van der Waals surface area contributed by atoms with Crippen LogP contribution in [-0.2, 0) is 11.2 Å². The van der Waals surface area contributed by atoms with Gasteiger partial charge in [-0.15, -0.1) is 0 Å². The van der Waals surface area contributed by atoms with E-state index in [4.69, 9.17) is 33.0 Å². The van der Waals surface area contributed by atoms with Crippen molar-refractivity contribution in [1.82, 2.24) is 0 Å². The first kappa shape index (κ1) is 17.9. The number of benzene rings is 1. The standard InChI is InChI=1S/C16H20Cl2O3/c1-4-6-10(3)9-11-7-8-13(15(18)14(11)17)21-12(5-2)16(19)20/h7-8,12H,3-6,9H2,1-2H3,(H,19,20). The molecule has 21 heavy (non-hydrogen) atoms. The van der Waals surface area contributed by atoms with Crippen molar-refractivity contribution in [3.05, 3.63) is 39.9 Å². The lowest BCUT2D eigenvalue weighted by Crippen LogP contribution is -2.26. The minimum absolute atomic E-state index is 0.248. The number of hydrogen-bond donors (Lipinski definition) is 1. The van der Waals surface area contributed by atoms with Crippen molar-refractivity contribution < 1.29 is 14.6 Å². The first-order valence-corrected chi connectivity index (χ1v) is 7.69. The van der Waals surface area contributed by atoms with Crippen LogP contribution in [0.2, 0.25) is 10.0 Å². The Morgan fingerprint density at radius 2 is 2.00 bits per heavy atom. The fraction of sp³-hybridized carbons (Fsp3) is 0.438. The predicted octanol–water partition coefficient (Wildman–Crippen LogP) is 5.13. The fourth-order valence-electron chi connectivity index (χ4n) is 1.97. The predicted molar refractivity (Wildman–Crippen MR) is 86.6 cm³/mol. The third-order valence-corrected chi connectivity index (χ3v) is 3.99. The van der Waals surface area contributed by atoms with E-state index in [0.717, 1.165) is 24.0 Å². The van der Waals surface area contributed by atoms with E-state index in [1.54, 1.807) is 19.1 Å². The summed E-state index contributed by atoms with van der Waals surface area (Å²) in [7, 11) is 0. The van der Waals surface area contributed by atoms with Gasteiger partial charge in [-0.1, -0.05) is 61.7 Å². The molecule has 116 valence electrons. The molecule has 0 aliphatic carbocycles. The molecule has 1 aromatic carbocycles. The number of aliphatic carboxylic acids is 1. The Labute approximate surface area is 135 Å². The molecule has 1 N–H and O–H groups in total. The van der Waals surface area contributed by atoms with Crippen molar-refractivity contribution in [3.63, 3.8) is 0 Å². The Hall–Kier alpha value is -1.19.